The Bertz CT molecular complexity index is 1010. The van der Waals surface area contributed by atoms with Crippen molar-refractivity contribution in [2.75, 3.05) is 6.54 Å². The minimum atomic E-state index is -2.36. The summed E-state index contributed by atoms with van der Waals surface area (Å²) in [4.78, 5) is 31.8. The quantitative estimate of drug-likeness (QED) is 0.233. The van der Waals surface area contributed by atoms with E-state index in [1.165, 1.54) is 0 Å². The fourth-order valence-corrected chi connectivity index (χ4v) is 3.60. The van der Waals surface area contributed by atoms with E-state index in [-0.39, 0.29) is 25.6 Å². The van der Waals surface area contributed by atoms with Crippen molar-refractivity contribution in [3.05, 3.63) is 65.0 Å². The molecule has 2 heterocycles. The minimum Gasteiger partial charge on any atom is -0.418 e. The summed E-state index contributed by atoms with van der Waals surface area (Å²) in [6.07, 6.45) is 0.379. The second-order valence-electron chi connectivity index (χ2n) is 7.09. The average Bonchev–Trinajstić information content (AvgIpc) is 3.02. The van der Waals surface area contributed by atoms with Gasteiger partial charge in [-0.25, -0.2) is 22.8 Å². The molecule has 0 radical (unpaired) electrons. The van der Waals surface area contributed by atoms with Crippen LogP contribution in [-0.4, -0.2) is 40.6 Å². The zero-order valence-corrected chi connectivity index (χ0v) is 15.8. The van der Waals surface area contributed by atoms with Gasteiger partial charge in [-0.15, -0.1) is 0 Å². The summed E-state index contributed by atoms with van der Waals surface area (Å²) in [7, 11) is 0. The van der Waals surface area contributed by atoms with E-state index in [1.54, 1.807) is 24.3 Å². The highest BCUT2D eigenvalue weighted by Crippen LogP contribution is 2.33. The summed E-state index contributed by atoms with van der Waals surface area (Å²) in [5.74, 6) is -14.4. The number of halogens is 5. The van der Waals surface area contributed by atoms with Gasteiger partial charge in [0, 0.05) is 6.54 Å². The van der Waals surface area contributed by atoms with Crippen molar-refractivity contribution in [1.82, 2.24) is 9.96 Å². The summed E-state index contributed by atoms with van der Waals surface area (Å²) < 4.78 is 72.0. The molecule has 0 N–H and O–H groups in total. The van der Waals surface area contributed by atoms with Crippen LogP contribution < -0.4 is 4.74 Å². The maximum atomic E-state index is 13.8. The molecule has 31 heavy (non-hydrogen) atoms. The van der Waals surface area contributed by atoms with Crippen molar-refractivity contribution in [3.8, 4) is 5.75 Å². The number of benzene rings is 2. The molecule has 2 aromatic carbocycles. The lowest BCUT2D eigenvalue weighted by Crippen LogP contribution is -2.47. The molecular formula is C20H15F5N2O4. The Morgan fingerprint density at radius 3 is 2.19 bits per heavy atom. The second-order valence-corrected chi connectivity index (χ2v) is 7.09. The van der Waals surface area contributed by atoms with Gasteiger partial charge in [0.2, 0.25) is 34.8 Å². The molecule has 164 valence electrons. The molecule has 0 aliphatic carbocycles. The first-order chi connectivity index (χ1) is 14.8. The van der Waals surface area contributed by atoms with Gasteiger partial charge in [-0.2, -0.15) is 13.8 Å². The Labute approximate surface area is 172 Å². The predicted molar refractivity (Wildman–Crippen MR) is 93.8 cm³/mol. The predicted octanol–water partition coefficient (Wildman–Crippen LogP) is 3.69. The number of hydrogen-bond acceptors (Lipinski definition) is 4. The van der Waals surface area contributed by atoms with E-state index in [9.17, 15) is 31.5 Å². The maximum absolute atomic E-state index is 13.8. The first-order valence-electron chi connectivity index (χ1n) is 9.29. The zero-order valence-electron chi connectivity index (χ0n) is 15.8. The van der Waals surface area contributed by atoms with Gasteiger partial charge in [-0.1, -0.05) is 30.3 Å². The van der Waals surface area contributed by atoms with Crippen LogP contribution in [0.1, 0.15) is 18.4 Å². The molecule has 2 saturated heterocycles. The van der Waals surface area contributed by atoms with Crippen LogP contribution in [0.5, 0.6) is 5.75 Å². The van der Waals surface area contributed by atoms with E-state index in [0.29, 0.717) is 6.42 Å². The number of carbonyl (C=O) groups is 2. The van der Waals surface area contributed by atoms with E-state index in [4.69, 9.17) is 4.84 Å². The Kier molecular flexibility index (Phi) is 5.52. The molecule has 2 aromatic rings. The number of piperidine rings is 1. The van der Waals surface area contributed by atoms with Gasteiger partial charge in [0.05, 0.1) is 6.04 Å². The number of carbonyl (C=O) groups excluding carboxylic acids is 2. The van der Waals surface area contributed by atoms with Crippen LogP contribution >= 0.6 is 0 Å². The van der Waals surface area contributed by atoms with Gasteiger partial charge < -0.3 is 9.64 Å². The Balaban J connectivity index is 1.48. The second kappa shape index (κ2) is 8.14. The molecule has 2 atom stereocenters. The number of amides is 2. The van der Waals surface area contributed by atoms with Crippen molar-refractivity contribution in [1.29, 1.82) is 0 Å². The van der Waals surface area contributed by atoms with Gasteiger partial charge in [-0.05, 0) is 18.4 Å². The van der Waals surface area contributed by atoms with Crippen LogP contribution in [0.4, 0.5) is 26.7 Å². The molecule has 2 bridgehead atoms. The number of ether oxygens (including phenoxy) is 1. The smallest absolute Gasteiger partial charge is 0.345 e. The number of rotatable bonds is 5. The summed E-state index contributed by atoms with van der Waals surface area (Å²) in [6, 6.07) is 6.77. The highest BCUT2D eigenvalue weighted by molar-refractivity contribution is 5.86. The zero-order chi connectivity index (χ0) is 22.3. The maximum Gasteiger partial charge on any atom is 0.345 e. The van der Waals surface area contributed by atoms with Crippen molar-refractivity contribution in [3.63, 3.8) is 0 Å². The van der Waals surface area contributed by atoms with Crippen molar-refractivity contribution < 1.29 is 41.1 Å². The largest absolute Gasteiger partial charge is 0.418 e. The van der Waals surface area contributed by atoms with Crippen LogP contribution in [0.15, 0.2) is 30.3 Å². The van der Waals surface area contributed by atoms with Crippen molar-refractivity contribution in [2.45, 2.75) is 31.5 Å². The molecule has 0 saturated carbocycles. The van der Waals surface area contributed by atoms with Crippen LogP contribution in [-0.2, 0) is 16.2 Å². The molecule has 11 heteroatoms. The lowest BCUT2D eigenvalue weighted by Gasteiger charge is -2.28. The fraction of sp³-hybridized carbons (Fsp3) is 0.300. The fourth-order valence-electron chi connectivity index (χ4n) is 3.60. The number of hydroxylamine groups is 2. The molecule has 0 spiro atoms. The molecule has 0 unspecified atom stereocenters. The Morgan fingerprint density at radius 2 is 1.55 bits per heavy atom. The SMILES string of the molecule is O=C(Oc1c(F)c(F)c(F)c(F)c1F)[C@@H]1CC[C@@H]2CN1C(=O)N2OCc1ccccc1. The van der Waals surface area contributed by atoms with E-state index < -0.39 is 52.9 Å². The summed E-state index contributed by atoms with van der Waals surface area (Å²) in [6.45, 7) is 0.196. The third-order valence-electron chi connectivity index (χ3n) is 5.18. The number of nitrogens with zero attached hydrogens (tertiary/aromatic N) is 2. The van der Waals surface area contributed by atoms with Gasteiger partial charge in [-0.3, -0.25) is 4.84 Å². The summed E-state index contributed by atoms with van der Waals surface area (Å²) in [5, 5.41) is 1.12. The van der Waals surface area contributed by atoms with E-state index >= 15 is 0 Å². The van der Waals surface area contributed by atoms with Crippen LogP contribution in [0.25, 0.3) is 0 Å². The van der Waals surface area contributed by atoms with E-state index in [0.717, 1.165) is 15.5 Å². The molecule has 0 aromatic heterocycles. The molecular weight excluding hydrogens is 427 g/mol. The van der Waals surface area contributed by atoms with Crippen LogP contribution in [0, 0.1) is 29.1 Å². The molecule has 4 rings (SSSR count). The standard InChI is InChI=1S/C20H15F5N2O4/c21-13-14(22)16(24)18(17(25)15(13)23)31-19(28)12-7-6-11-8-26(12)20(29)27(11)30-9-10-4-2-1-3-5-10/h1-5,11-12H,6-9H2/t11-,12+/m1/s1. The van der Waals surface area contributed by atoms with E-state index in [1.807, 2.05) is 6.07 Å². The molecule has 2 aliphatic heterocycles. The van der Waals surface area contributed by atoms with Crippen molar-refractivity contribution in [2.24, 2.45) is 0 Å². The molecule has 2 aliphatic rings. The van der Waals surface area contributed by atoms with Crippen LogP contribution in [0.2, 0.25) is 0 Å². The van der Waals surface area contributed by atoms with Gasteiger partial charge >= 0.3 is 12.0 Å². The molecule has 2 fully saturated rings. The third-order valence-corrected chi connectivity index (χ3v) is 5.18. The third kappa shape index (κ3) is 3.69. The average molecular weight is 442 g/mol. The minimum absolute atomic E-state index is 0.0653. The Morgan fingerprint density at radius 1 is 0.935 bits per heavy atom. The summed E-state index contributed by atoms with van der Waals surface area (Å²) >= 11 is 0. The number of urea groups is 1. The molecule has 6 nitrogen and oxygen atoms in total. The monoisotopic (exact) mass is 442 g/mol. The highest BCUT2D eigenvalue weighted by atomic mass is 19.2. The first kappa shape index (κ1) is 21.0. The van der Waals surface area contributed by atoms with Crippen molar-refractivity contribution >= 4 is 12.0 Å². The van der Waals surface area contributed by atoms with Gasteiger partial charge in [0.1, 0.15) is 12.6 Å². The normalized spacial score (nSPS) is 20.4. The Hall–Kier alpha value is -3.21. The first-order valence-corrected chi connectivity index (χ1v) is 9.29. The number of esters is 1. The lowest BCUT2D eigenvalue weighted by atomic mass is 10.0. The number of fused-ring (bicyclic) bond motifs is 2. The number of hydrogen-bond donors (Lipinski definition) is 0. The topological polar surface area (TPSA) is 59.1 Å². The van der Waals surface area contributed by atoms with Gasteiger partial charge in [0.25, 0.3) is 0 Å². The van der Waals surface area contributed by atoms with E-state index in [2.05, 4.69) is 4.74 Å². The van der Waals surface area contributed by atoms with Gasteiger partial charge in [0.15, 0.2) is 0 Å². The van der Waals surface area contributed by atoms with Crippen LogP contribution in [0.3, 0.4) is 0 Å². The summed E-state index contributed by atoms with van der Waals surface area (Å²) in [5.41, 5.74) is 0.814. The highest BCUT2D eigenvalue weighted by Gasteiger charge is 2.49. The lowest BCUT2D eigenvalue weighted by molar-refractivity contribution is -0.142. The molecule has 2 amide bonds.